The van der Waals surface area contributed by atoms with Crippen molar-refractivity contribution in [2.24, 2.45) is 5.73 Å². The fourth-order valence-corrected chi connectivity index (χ4v) is 2.00. The van der Waals surface area contributed by atoms with E-state index < -0.39 is 0 Å². The number of nitrogens with zero attached hydrogens (tertiary/aromatic N) is 1. The summed E-state index contributed by atoms with van der Waals surface area (Å²) in [4.78, 5) is 4.23. The molecule has 0 saturated carbocycles. The second-order valence-electron chi connectivity index (χ2n) is 3.31. The normalized spacial score (nSPS) is 10.5. The maximum atomic E-state index is 5.58. The molecule has 15 heavy (non-hydrogen) atoms. The first-order valence-electron chi connectivity index (χ1n) is 4.80. The Bertz CT molecular complexity index is 433. The van der Waals surface area contributed by atoms with Gasteiger partial charge in [0.15, 0.2) is 5.13 Å². The van der Waals surface area contributed by atoms with Crippen LogP contribution in [0.4, 0.5) is 5.13 Å². The SMILES string of the molecule is NCCc1ccc(-c2csc(N)n2)cc1. The van der Waals surface area contributed by atoms with E-state index >= 15 is 0 Å². The molecule has 1 aromatic heterocycles. The molecule has 3 nitrogen and oxygen atoms in total. The van der Waals surface area contributed by atoms with Crippen LogP contribution in [0.5, 0.6) is 0 Å². The Kier molecular flexibility index (Phi) is 2.99. The van der Waals surface area contributed by atoms with Crippen molar-refractivity contribution in [3.05, 3.63) is 35.2 Å². The van der Waals surface area contributed by atoms with Gasteiger partial charge in [-0.3, -0.25) is 0 Å². The van der Waals surface area contributed by atoms with Gasteiger partial charge >= 0.3 is 0 Å². The minimum Gasteiger partial charge on any atom is -0.375 e. The summed E-state index contributed by atoms with van der Waals surface area (Å²) in [6, 6.07) is 8.27. The Hall–Kier alpha value is -1.39. The third kappa shape index (κ3) is 2.34. The first kappa shape index (κ1) is 10.1. The minimum absolute atomic E-state index is 0.607. The largest absolute Gasteiger partial charge is 0.375 e. The highest BCUT2D eigenvalue weighted by Gasteiger charge is 2.01. The smallest absolute Gasteiger partial charge is 0.180 e. The first-order valence-corrected chi connectivity index (χ1v) is 5.68. The van der Waals surface area contributed by atoms with Crippen LogP contribution in [-0.2, 0) is 6.42 Å². The number of rotatable bonds is 3. The Labute approximate surface area is 92.8 Å². The van der Waals surface area contributed by atoms with E-state index in [1.165, 1.54) is 16.9 Å². The van der Waals surface area contributed by atoms with Crippen molar-refractivity contribution in [3.8, 4) is 11.3 Å². The summed E-state index contributed by atoms with van der Waals surface area (Å²) >= 11 is 1.46. The van der Waals surface area contributed by atoms with E-state index in [4.69, 9.17) is 11.5 Å². The number of hydrogen-bond acceptors (Lipinski definition) is 4. The fraction of sp³-hybridized carbons (Fsp3) is 0.182. The topological polar surface area (TPSA) is 64.9 Å². The predicted octanol–water partition coefficient (Wildman–Crippen LogP) is 1.89. The molecule has 0 amide bonds. The molecule has 0 fully saturated rings. The van der Waals surface area contributed by atoms with Crippen molar-refractivity contribution in [1.82, 2.24) is 4.98 Å². The molecule has 0 saturated heterocycles. The second kappa shape index (κ2) is 4.42. The number of thiazole rings is 1. The van der Waals surface area contributed by atoms with E-state index in [0.29, 0.717) is 11.7 Å². The van der Waals surface area contributed by atoms with E-state index in [0.717, 1.165) is 17.7 Å². The molecule has 2 rings (SSSR count). The first-order chi connectivity index (χ1) is 7.29. The van der Waals surface area contributed by atoms with E-state index in [1.54, 1.807) is 0 Å². The lowest BCUT2D eigenvalue weighted by Crippen LogP contribution is -2.02. The average Bonchev–Trinajstić information content (AvgIpc) is 2.67. The third-order valence-corrected chi connectivity index (χ3v) is 2.88. The summed E-state index contributed by atoms with van der Waals surface area (Å²) in [6.45, 7) is 0.684. The standard InChI is InChI=1S/C11H13N3S/c12-6-5-8-1-3-9(4-2-8)10-7-15-11(13)14-10/h1-4,7H,5-6,12H2,(H2,13,14). The Morgan fingerprint density at radius 1 is 1.20 bits per heavy atom. The molecule has 0 aliphatic heterocycles. The van der Waals surface area contributed by atoms with Crippen LogP contribution in [0.2, 0.25) is 0 Å². The van der Waals surface area contributed by atoms with Gasteiger partial charge in [0.25, 0.3) is 0 Å². The number of nitrogens with two attached hydrogens (primary N) is 2. The van der Waals surface area contributed by atoms with Gasteiger partial charge in [0.05, 0.1) is 5.69 Å². The van der Waals surface area contributed by atoms with Gasteiger partial charge in [-0.1, -0.05) is 24.3 Å². The Balaban J connectivity index is 2.23. The quantitative estimate of drug-likeness (QED) is 0.828. The molecule has 1 heterocycles. The van der Waals surface area contributed by atoms with Crippen LogP contribution in [0.15, 0.2) is 29.6 Å². The zero-order chi connectivity index (χ0) is 10.7. The van der Waals surface area contributed by atoms with Crippen LogP contribution in [0.25, 0.3) is 11.3 Å². The van der Waals surface area contributed by atoms with Crippen LogP contribution in [0.1, 0.15) is 5.56 Å². The lowest BCUT2D eigenvalue weighted by Gasteiger charge is -2.00. The summed E-state index contributed by atoms with van der Waals surface area (Å²) < 4.78 is 0. The highest BCUT2D eigenvalue weighted by atomic mass is 32.1. The monoisotopic (exact) mass is 219 g/mol. The summed E-state index contributed by atoms with van der Waals surface area (Å²) in [5.41, 5.74) is 14.4. The predicted molar refractivity (Wildman–Crippen MR) is 64.7 cm³/mol. The van der Waals surface area contributed by atoms with Gasteiger partial charge in [-0.2, -0.15) is 0 Å². The molecule has 4 N–H and O–H groups in total. The maximum absolute atomic E-state index is 5.58. The van der Waals surface area contributed by atoms with Gasteiger partial charge in [-0.15, -0.1) is 11.3 Å². The molecule has 4 heteroatoms. The van der Waals surface area contributed by atoms with Crippen molar-refractivity contribution < 1.29 is 0 Å². The van der Waals surface area contributed by atoms with Crippen molar-refractivity contribution in [2.75, 3.05) is 12.3 Å². The Morgan fingerprint density at radius 3 is 2.47 bits per heavy atom. The summed E-state index contributed by atoms with van der Waals surface area (Å²) in [5, 5.41) is 2.57. The van der Waals surface area contributed by atoms with E-state index in [2.05, 4.69) is 29.2 Å². The second-order valence-corrected chi connectivity index (χ2v) is 4.20. The van der Waals surface area contributed by atoms with Crippen LogP contribution >= 0.6 is 11.3 Å². The van der Waals surface area contributed by atoms with E-state index in [-0.39, 0.29) is 0 Å². The third-order valence-electron chi connectivity index (χ3n) is 2.20. The highest BCUT2D eigenvalue weighted by molar-refractivity contribution is 7.13. The lowest BCUT2D eigenvalue weighted by atomic mass is 10.1. The lowest BCUT2D eigenvalue weighted by molar-refractivity contribution is 0.969. The molecule has 0 radical (unpaired) electrons. The van der Waals surface area contributed by atoms with Gasteiger partial charge in [-0.05, 0) is 18.5 Å². The van der Waals surface area contributed by atoms with Gasteiger partial charge in [0.2, 0.25) is 0 Å². The van der Waals surface area contributed by atoms with E-state index in [9.17, 15) is 0 Å². The van der Waals surface area contributed by atoms with Gasteiger partial charge < -0.3 is 11.5 Å². The molecule has 78 valence electrons. The van der Waals surface area contributed by atoms with Crippen LogP contribution in [0.3, 0.4) is 0 Å². The molecule has 0 aliphatic carbocycles. The zero-order valence-corrected chi connectivity index (χ0v) is 9.13. The highest BCUT2D eigenvalue weighted by Crippen LogP contribution is 2.23. The van der Waals surface area contributed by atoms with Crippen LogP contribution < -0.4 is 11.5 Å². The molecule has 0 aliphatic rings. The molecule has 0 unspecified atom stereocenters. The summed E-state index contributed by atoms with van der Waals surface area (Å²) in [5.74, 6) is 0. The van der Waals surface area contributed by atoms with Crippen molar-refractivity contribution >= 4 is 16.5 Å². The number of anilines is 1. The molecular weight excluding hydrogens is 206 g/mol. The molecular formula is C11H13N3S. The molecule has 0 spiro atoms. The zero-order valence-electron chi connectivity index (χ0n) is 8.31. The van der Waals surface area contributed by atoms with Crippen molar-refractivity contribution in [1.29, 1.82) is 0 Å². The molecule has 0 bridgehead atoms. The van der Waals surface area contributed by atoms with Crippen LogP contribution in [-0.4, -0.2) is 11.5 Å². The molecule has 1 aromatic carbocycles. The van der Waals surface area contributed by atoms with Gasteiger partial charge in [0.1, 0.15) is 0 Å². The number of benzene rings is 1. The fourth-order valence-electron chi connectivity index (χ4n) is 1.43. The number of nitrogen functional groups attached to an aromatic ring is 1. The van der Waals surface area contributed by atoms with Crippen molar-refractivity contribution in [2.45, 2.75) is 6.42 Å². The summed E-state index contributed by atoms with van der Waals surface area (Å²) in [6.07, 6.45) is 0.916. The Morgan fingerprint density at radius 2 is 1.93 bits per heavy atom. The molecule has 2 aromatic rings. The van der Waals surface area contributed by atoms with Gasteiger partial charge in [0, 0.05) is 10.9 Å². The maximum Gasteiger partial charge on any atom is 0.180 e. The average molecular weight is 219 g/mol. The van der Waals surface area contributed by atoms with Crippen molar-refractivity contribution in [3.63, 3.8) is 0 Å². The minimum atomic E-state index is 0.607. The van der Waals surface area contributed by atoms with Crippen LogP contribution in [0, 0.1) is 0 Å². The summed E-state index contributed by atoms with van der Waals surface area (Å²) in [7, 11) is 0. The van der Waals surface area contributed by atoms with Gasteiger partial charge in [-0.25, -0.2) is 4.98 Å². The number of aromatic nitrogens is 1. The van der Waals surface area contributed by atoms with E-state index in [1.807, 2.05) is 5.38 Å². The molecule has 0 atom stereocenters. The number of hydrogen-bond donors (Lipinski definition) is 2.